The first-order chi connectivity index (χ1) is 7.69. The maximum Gasteiger partial charge on any atom is 0.0319 e. The highest BCUT2D eigenvalue weighted by atomic mass is 15.1. The number of hydrogen-bond donors (Lipinski definition) is 1. The smallest absolute Gasteiger partial charge is 0.0319 e. The van der Waals surface area contributed by atoms with Crippen LogP contribution in [0, 0.1) is 0 Å². The molecule has 0 aliphatic rings. The molecule has 1 rings (SSSR count). The van der Waals surface area contributed by atoms with Crippen molar-refractivity contribution in [2.45, 2.75) is 39.7 Å². The third-order valence-electron chi connectivity index (χ3n) is 2.99. The molecule has 0 spiro atoms. The lowest BCUT2D eigenvalue weighted by atomic mass is 10.1. The molecular formula is C14H24N2. The molecule has 90 valence electrons. The molecule has 0 amide bonds. The molecule has 1 aromatic rings. The van der Waals surface area contributed by atoms with Crippen molar-refractivity contribution in [2.24, 2.45) is 0 Å². The van der Waals surface area contributed by atoms with E-state index < -0.39 is 0 Å². The average molecular weight is 220 g/mol. The fourth-order valence-corrected chi connectivity index (χ4v) is 2.06. The Morgan fingerprint density at radius 2 is 1.56 bits per heavy atom. The maximum atomic E-state index is 5.71. The number of benzene rings is 1. The minimum absolute atomic E-state index is 0.487. The van der Waals surface area contributed by atoms with E-state index in [4.69, 9.17) is 5.73 Å². The number of hydrogen-bond acceptors (Lipinski definition) is 2. The van der Waals surface area contributed by atoms with E-state index in [1.165, 1.54) is 31.5 Å². The van der Waals surface area contributed by atoms with E-state index in [0.717, 1.165) is 5.69 Å². The summed E-state index contributed by atoms with van der Waals surface area (Å²) in [5.41, 5.74) is 7.91. The number of rotatable bonds is 6. The number of nitrogens with two attached hydrogens (primary N) is 1. The van der Waals surface area contributed by atoms with Crippen molar-refractivity contribution in [3.05, 3.63) is 29.8 Å². The van der Waals surface area contributed by atoms with Crippen LogP contribution in [-0.4, -0.2) is 18.0 Å². The Kier molecular flexibility index (Phi) is 5.33. The molecule has 0 saturated carbocycles. The van der Waals surface area contributed by atoms with Crippen LogP contribution in [-0.2, 0) is 0 Å². The van der Waals surface area contributed by atoms with Gasteiger partial charge in [-0.05, 0) is 50.6 Å². The lowest BCUT2D eigenvalue weighted by Gasteiger charge is -2.28. The lowest BCUT2D eigenvalue weighted by Crippen LogP contribution is -2.28. The zero-order valence-electron chi connectivity index (χ0n) is 10.7. The van der Waals surface area contributed by atoms with Gasteiger partial charge in [-0.1, -0.05) is 26.0 Å². The van der Waals surface area contributed by atoms with E-state index in [1.54, 1.807) is 0 Å². The minimum Gasteiger partial charge on any atom is -0.399 e. The Balaban J connectivity index is 2.72. The fraction of sp³-hybridized carbons (Fsp3) is 0.571. The largest absolute Gasteiger partial charge is 0.399 e. The van der Waals surface area contributed by atoms with Gasteiger partial charge in [-0.2, -0.15) is 0 Å². The van der Waals surface area contributed by atoms with Crippen molar-refractivity contribution in [3.63, 3.8) is 0 Å². The highest BCUT2D eigenvalue weighted by molar-refractivity contribution is 5.40. The fourth-order valence-electron chi connectivity index (χ4n) is 2.06. The summed E-state index contributed by atoms with van der Waals surface area (Å²) in [6.45, 7) is 9.08. The SMILES string of the molecule is CCCN(CCC)C(C)c1ccc(N)cc1. The van der Waals surface area contributed by atoms with Gasteiger partial charge in [-0.3, -0.25) is 4.90 Å². The molecule has 0 saturated heterocycles. The van der Waals surface area contributed by atoms with Crippen molar-refractivity contribution in [2.75, 3.05) is 18.8 Å². The van der Waals surface area contributed by atoms with Crippen LogP contribution in [0.1, 0.15) is 45.2 Å². The Labute approximate surface area is 99.5 Å². The first-order valence-corrected chi connectivity index (χ1v) is 6.28. The number of nitrogens with zero attached hydrogens (tertiary/aromatic N) is 1. The number of nitrogen functional groups attached to an aromatic ring is 1. The van der Waals surface area contributed by atoms with Gasteiger partial charge in [0.2, 0.25) is 0 Å². The molecule has 1 atom stereocenters. The summed E-state index contributed by atoms with van der Waals surface area (Å²) >= 11 is 0. The van der Waals surface area contributed by atoms with Crippen molar-refractivity contribution in [1.29, 1.82) is 0 Å². The third kappa shape index (κ3) is 3.53. The van der Waals surface area contributed by atoms with Crippen molar-refractivity contribution < 1.29 is 0 Å². The molecule has 0 heterocycles. The lowest BCUT2D eigenvalue weighted by molar-refractivity contribution is 0.211. The molecule has 1 unspecified atom stereocenters. The molecule has 2 heteroatoms. The minimum atomic E-state index is 0.487. The molecule has 1 aromatic carbocycles. The van der Waals surface area contributed by atoms with Crippen LogP contribution >= 0.6 is 0 Å². The van der Waals surface area contributed by atoms with Crippen molar-refractivity contribution in [1.82, 2.24) is 4.90 Å². The highest BCUT2D eigenvalue weighted by Crippen LogP contribution is 2.21. The predicted molar refractivity (Wildman–Crippen MR) is 71.4 cm³/mol. The van der Waals surface area contributed by atoms with Gasteiger partial charge in [0, 0.05) is 11.7 Å². The second kappa shape index (κ2) is 6.54. The first-order valence-electron chi connectivity index (χ1n) is 6.28. The first kappa shape index (κ1) is 13.0. The van der Waals surface area contributed by atoms with Crippen molar-refractivity contribution >= 4 is 5.69 Å². The van der Waals surface area contributed by atoms with Crippen LogP contribution in [0.15, 0.2) is 24.3 Å². The molecular weight excluding hydrogens is 196 g/mol. The van der Waals surface area contributed by atoms with Gasteiger partial charge in [0.05, 0.1) is 0 Å². The topological polar surface area (TPSA) is 29.3 Å². The van der Waals surface area contributed by atoms with Crippen LogP contribution in [0.2, 0.25) is 0 Å². The zero-order chi connectivity index (χ0) is 12.0. The molecule has 2 nitrogen and oxygen atoms in total. The van der Waals surface area contributed by atoms with E-state index in [-0.39, 0.29) is 0 Å². The molecule has 0 bridgehead atoms. The van der Waals surface area contributed by atoms with Gasteiger partial charge < -0.3 is 5.73 Å². The number of anilines is 1. The van der Waals surface area contributed by atoms with E-state index >= 15 is 0 Å². The predicted octanol–water partition coefficient (Wildman–Crippen LogP) is 3.45. The van der Waals surface area contributed by atoms with Gasteiger partial charge >= 0.3 is 0 Å². The van der Waals surface area contributed by atoms with Gasteiger partial charge in [0.15, 0.2) is 0 Å². The second-order valence-electron chi connectivity index (χ2n) is 4.38. The Morgan fingerprint density at radius 3 is 2.00 bits per heavy atom. The van der Waals surface area contributed by atoms with E-state index in [2.05, 4.69) is 37.8 Å². The van der Waals surface area contributed by atoms with Crippen LogP contribution in [0.5, 0.6) is 0 Å². The highest BCUT2D eigenvalue weighted by Gasteiger charge is 2.13. The van der Waals surface area contributed by atoms with E-state index in [1.807, 2.05) is 12.1 Å². The van der Waals surface area contributed by atoms with Gasteiger partial charge in [-0.25, -0.2) is 0 Å². The summed E-state index contributed by atoms with van der Waals surface area (Å²) in [6, 6.07) is 8.74. The van der Waals surface area contributed by atoms with Gasteiger partial charge in [0.25, 0.3) is 0 Å². The summed E-state index contributed by atoms with van der Waals surface area (Å²) in [6.07, 6.45) is 2.42. The van der Waals surface area contributed by atoms with E-state index in [9.17, 15) is 0 Å². The standard InChI is InChI=1S/C14H24N2/c1-4-10-16(11-5-2)12(3)13-6-8-14(15)9-7-13/h6-9,12H,4-5,10-11,15H2,1-3H3. The zero-order valence-corrected chi connectivity index (χ0v) is 10.7. The normalized spacial score (nSPS) is 13.0. The molecule has 0 fully saturated rings. The monoisotopic (exact) mass is 220 g/mol. The maximum absolute atomic E-state index is 5.71. The summed E-state index contributed by atoms with van der Waals surface area (Å²) in [7, 11) is 0. The van der Waals surface area contributed by atoms with Crippen LogP contribution in [0.3, 0.4) is 0 Å². The van der Waals surface area contributed by atoms with Crippen LogP contribution in [0.25, 0.3) is 0 Å². The summed E-state index contributed by atoms with van der Waals surface area (Å²) in [5, 5.41) is 0. The molecule has 0 aliphatic carbocycles. The molecule has 16 heavy (non-hydrogen) atoms. The Hall–Kier alpha value is -1.02. The molecule has 0 aromatic heterocycles. The van der Waals surface area contributed by atoms with Gasteiger partial charge in [0.1, 0.15) is 0 Å². The average Bonchev–Trinajstić information content (AvgIpc) is 2.29. The van der Waals surface area contributed by atoms with Crippen molar-refractivity contribution in [3.8, 4) is 0 Å². The quantitative estimate of drug-likeness (QED) is 0.744. The summed E-state index contributed by atoms with van der Waals surface area (Å²) < 4.78 is 0. The molecule has 0 radical (unpaired) electrons. The molecule has 0 aliphatic heterocycles. The Morgan fingerprint density at radius 1 is 1.06 bits per heavy atom. The second-order valence-corrected chi connectivity index (χ2v) is 4.38. The van der Waals surface area contributed by atoms with Gasteiger partial charge in [-0.15, -0.1) is 0 Å². The van der Waals surface area contributed by atoms with Crippen LogP contribution in [0.4, 0.5) is 5.69 Å². The van der Waals surface area contributed by atoms with Crippen LogP contribution < -0.4 is 5.73 Å². The molecule has 2 N–H and O–H groups in total. The third-order valence-corrected chi connectivity index (χ3v) is 2.99. The van der Waals surface area contributed by atoms with E-state index in [0.29, 0.717) is 6.04 Å². The summed E-state index contributed by atoms with van der Waals surface area (Å²) in [5.74, 6) is 0. The Bertz CT molecular complexity index is 286. The summed E-state index contributed by atoms with van der Waals surface area (Å²) in [4.78, 5) is 2.53.